The molecule has 0 spiro atoms. The van der Waals surface area contributed by atoms with Gasteiger partial charge in [-0.25, -0.2) is 0 Å². The molecule has 0 bridgehead atoms. The summed E-state index contributed by atoms with van der Waals surface area (Å²) in [6.45, 7) is 10.3. The van der Waals surface area contributed by atoms with Crippen molar-refractivity contribution < 1.29 is 0 Å². The normalized spacial score (nSPS) is 11.1. The van der Waals surface area contributed by atoms with Gasteiger partial charge in [-0.2, -0.15) is 0 Å². The maximum Gasteiger partial charge on any atom is 0.191 e. The molecule has 0 radical (unpaired) electrons. The number of guanidine groups is 1. The summed E-state index contributed by atoms with van der Waals surface area (Å²) in [5, 5.41) is 7.77. The molecule has 0 aliphatic heterocycles. The molecule has 0 unspecified atom stereocenters. The van der Waals surface area contributed by atoms with Gasteiger partial charge in [-0.05, 0) is 30.9 Å². The summed E-state index contributed by atoms with van der Waals surface area (Å²) in [6.07, 6.45) is 5.92. The lowest BCUT2D eigenvalue weighted by Gasteiger charge is -2.09. The summed E-state index contributed by atoms with van der Waals surface area (Å²) in [5.41, 5.74) is 3.96. The second-order valence-corrected chi connectivity index (χ2v) is 5.19. The van der Waals surface area contributed by atoms with Gasteiger partial charge in [0, 0.05) is 36.7 Å². The van der Waals surface area contributed by atoms with Crippen molar-refractivity contribution in [2.24, 2.45) is 4.99 Å². The number of fused-ring (bicyclic) bond motifs is 1. The average Bonchev–Trinajstić information content (AvgIpc) is 2.96. The van der Waals surface area contributed by atoms with E-state index in [0.717, 1.165) is 38.4 Å². The lowest BCUT2D eigenvalue weighted by Crippen LogP contribution is -2.37. The van der Waals surface area contributed by atoms with Gasteiger partial charge < -0.3 is 15.6 Å². The monoisotopic (exact) mass is 426 g/mol. The first-order chi connectivity index (χ1) is 10.8. The number of hydrogen-bond acceptors (Lipinski definition) is 1. The Morgan fingerprint density at radius 1 is 1.26 bits per heavy atom. The average molecular weight is 426 g/mol. The van der Waals surface area contributed by atoms with Crippen LogP contribution in [0.2, 0.25) is 0 Å². The fraction of sp³-hybridized carbons (Fsp3) is 0.389. The Morgan fingerprint density at radius 3 is 2.78 bits per heavy atom. The summed E-state index contributed by atoms with van der Waals surface area (Å²) < 4.78 is 0. The van der Waals surface area contributed by atoms with Gasteiger partial charge in [0.15, 0.2) is 5.96 Å². The summed E-state index contributed by atoms with van der Waals surface area (Å²) >= 11 is 0. The van der Waals surface area contributed by atoms with E-state index in [1.165, 1.54) is 22.0 Å². The molecule has 0 amide bonds. The van der Waals surface area contributed by atoms with E-state index in [-0.39, 0.29) is 24.0 Å². The summed E-state index contributed by atoms with van der Waals surface area (Å²) in [4.78, 5) is 8.02. The van der Waals surface area contributed by atoms with Crippen molar-refractivity contribution in [3.63, 3.8) is 0 Å². The van der Waals surface area contributed by atoms with E-state index in [2.05, 4.69) is 65.4 Å². The second kappa shape index (κ2) is 10.3. The van der Waals surface area contributed by atoms with Gasteiger partial charge in [-0.1, -0.05) is 31.2 Å². The van der Waals surface area contributed by atoms with Crippen LogP contribution in [0.15, 0.2) is 42.0 Å². The molecule has 4 nitrogen and oxygen atoms in total. The Hall–Kier alpha value is -1.50. The number of aliphatic imine (C=N–C) groups is 1. The minimum Gasteiger partial charge on any atom is -0.361 e. The molecule has 23 heavy (non-hydrogen) atoms. The lowest BCUT2D eigenvalue weighted by atomic mass is 10.1. The van der Waals surface area contributed by atoms with Crippen molar-refractivity contribution in [3.8, 4) is 0 Å². The Morgan fingerprint density at radius 2 is 2.09 bits per heavy atom. The molecular weight excluding hydrogens is 399 g/mol. The molecule has 1 aromatic carbocycles. The van der Waals surface area contributed by atoms with Crippen molar-refractivity contribution >= 4 is 40.8 Å². The van der Waals surface area contributed by atoms with Crippen LogP contribution in [0.1, 0.15) is 25.0 Å². The van der Waals surface area contributed by atoms with Gasteiger partial charge >= 0.3 is 0 Å². The van der Waals surface area contributed by atoms with Crippen LogP contribution in [-0.4, -0.2) is 30.6 Å². The van der Waals surface area contributed by atoms with Crippen LogP contribution in [-0.2, 0) is 12.8 Å². The molecule has 0 atom stereocenters. The molecule has 1 heterocycles. The zero-order chi connectivity index (χ0) is 15.8. The number of benzene rings is 1. The molecule has 0 fully saturated rings. The molecule has 0 saturated carbocycles. The molecule has 3 N–H and O–H groups in total. The quantitative estimate of drug-likeness (QED) is 0.274. The van der Waals surface area contributed by atoms with Crippen LogP contribution in [0.3, 0.4) is 0 Å². The van der Waals surface area contributed by atoms with Gasteiger partial charge in [0.1, 0.15) is 0 Å². The third-order valence-electron chi connectivity index (χ3n) is 3.68. The van der Waals surface area contributed by atoms with E-state index in [4.69, 9.17) is 0 Å². The smallest absolute Gasteiger partial charge is 0.191 e. The van der Waals surface area contributed by atoms with E-state index in [1.807, 2.05) is 6.08 Å². The molecular formula is C18H27IN4. The third kappa shape index (κ3) is 5.27. The van der Waals surface area contributed by atoms with E-state index in [9.17, 15) is 0 Å². The minimum absolute atomic E-state index is 0. The SMILES string of the molecule is C=CCNC(=NCCc1c[nH]c2c(CC)cccc12)NCC.I. The van der Waals surface area contributed by atoms with Crippen molar-refractivity contribution in [1.29, 1.82) is 0 Å². The Kier molecular flexibility index (Phi) is 8.76. The van der Waals surface area contributed by atoms with Crippen LogP contribution < -0.4 is 10.6 Å². The van der Waals surface area contributed by atoms with Gasteiger partial charge in [-0.3, -0.25) is 4.99 Å². The molecule has 0 aliphatic rings. The second-order valence-electron chi connectivity index (χ2n) is 5.19. The molecule has 0 saturated heterocycles. The molecule has 2 aromatic rings. The fourth-order valence-electron chi connectivity index (χ4n) is 2.58. The minimum atomic E-state index is 0. The highest BCUT2D eigenvalue weighted by atomic mass is 127. The number of rotatable bonds is 7. The number of H-pyrrole nitrogens is 1. The Labute approximate surface area is 155 Å². The molecule has 0 aliphatic carbocycles. The number of para-hydroxylation sites is 1. The highest BCUT2D eigenvalue weighted by molar-refractivity contribution is 14.0. The topological polar surface area (TPSA) is 52.2 Å². The number of hydrogen-bond donors (Lipinski definition) is 3. The van der Waals surface area contributed by atoms with E-state index in [1.54, 1.807) is 0 Å². The zero-order valence-corrected chi connectivity index (χ0v) is 16.3. The van der Waals surface area contributed by atoms with Crippen molar-refractivity contribution in [1.82, 2.24) is 15.6 Å². The predicted octanol–water partition coefficient (Wildman–Crippen LogP) is 3.63. The standard InChI is InChI=1S/C18H26N4.HI/c1-4-11-20-18(19-6-3)21-12-10-15-13-22-17-14(5-2)8-7-9-16(15)17;/h4,7-9,13,22H,1,5-6,10-12H2,2-3H3,(H2,19,20,21);1H. The zero-order valence-electron chi connectivity index (χ0n) is 14.0. The van der Waals surface area contributed by atoms with Crippen molar-refractivity contribution in [2.75, 3.05) is 19.6 Å². The molecule has 2 rings (SSSR count). The van der Waals surface area contributed by atoms with Gasteiger partial charge in [0.05, 0.1) is 0 Å². The largest absolute Gasteiger partial charge is 0.361 e. The van der Waals surface area contributed by atoms with Crippen LogP contribution in [0.5, 0.6) is 0 Å². The summed E-state index contributed by atoms with van der Waals surface area (Å²) in [7, 11) is 0. The maximum absolute atomic E-state index is 4.61. The number of nitrogens with zero attached hydrogens (tertiary/aromatic N) is 1. The number of halogens is 1. The van der Waals surface area contributed by atoms with E-state index in [0.29, 0.717) is 0 Å². The predicted molar refractivity (Wildman–Crippen MR) is 111 cm³/mol. The van der Waals surface area contributed by atoms with E-state index >= 15 is 0 Å². The van der Waals surface area contributed by atoms with Crippen LogP contribution >= 0.6 is 24.0 Å². The third-order valence-corrected chi connectivity index (χ3v) is 3.68. The fourth-order valence-corrected chi connectivity index (χ4v) is 2.58. The first-order valence-electron chi connectivity index (χ1n) is 8.01. The van der Waals surface area contributed by atoms with Crippen molar-refractivity contribution in [3.05, 3.63) is 48.2 Å². The summed E-state index contributed by atoms with van der Waals surface area (Å²) in [6, 6.07) is 6.51. The van der Waals surface area contributed by atoms with Crippen LogP contribution in [0.25, 0.3) is 10.9 Å². The Balaban J connectivity index is 0.00000264. The van der Waals surface area contributed by atoms with E-state index < -0.39 is 0 Å². The number of aryl methyl sites for hydroxylation is 1. The van der Waals surface area contributed by atoms with Crippen molar-refractivity contribution in [2.45, 2.75) is 26.7 Å². The summed E-state index contributed by atoms with van der Waals surface area (Å²) in [5.74, 6) is 0.844. The molecule has 5 heteroatoms. The maximum atomic E-state index is 4.61. The van der Waals surface area contributed by atoms with Gasteiger partial charge in [-0.15, -0.1) is 30.6 Å². The first kappa shape index (κ1) is 19.5. The lowest BCUT2D eigenvalue weighted by molar-refractivity contribution is 0.852. The van der Waals surface area contributed by atoms with Crippen LogP contribution in [0.4, 0.5) is 0 Å². The highest BCUT2D eigenvalue weighted by Gasteiger charge is 2.06. The first-order valence-corrected chi connectivity index (χ1v) is 8.01. The van der Waals surface area contributed by atoms with Crippen LogP contribution in [0, 0.1) is 0 Å². The Bertz CT molecular complexity index is 646. The molecule has 1 aromatic heterocycles. The number of aromatic amines is 1. The molecule has 126 valence electrons. The highest BCUT2D eigenvalue weighted by Crippen LogP contribution is 2.22. The number of nitrogens with one attached hydrogen (secondary N) is 3. The van der Waals surface area contributed by atoms with Gasteiger partial charge in [0.2, 0.25) is 0 Å². The van der Waals surface area contributed by atoms with Gasteiger partial charge in [0.25, 0.3) is 0 Å². The number of aromatic nitrogens is 1.